The van der Waals surface area contributed by atoms with Crippen molar-refractivity contribution in [1.29, 1.82) is 0 Å². The monoisotopic (exact) mass is 460 g/mol. The molecule has 3 rings (SSSR count). The Morgan fingerprint density at radius 3 is 2.33 bits per heavy atom. The molecule has 0 aliphatic rings. The van der Waals surface area contributed by atoms with E-state index in [1.165, 1.54) is 23.9 Å². The maximum absolute atomic E-state index is 12.5. The lowest BCUT2D eigenvalue weighted by molar-refractivity contribution is -0.115. The van der Waals surface area contributed by atoms with E-state index in [4.69, 9.17) is 46.4 Å². The van der Waals surface area contributed by atoms with E-state index in [9.17, 15) is 4.79 Å². The number of thioether (sulfide) groups is 1. The largest absolute Gasteiger partial charge is 0.323 e. The van der Waals surface area contributed by atoms with Crippen LogP contribution in [0.2, 0.25) is 20.1 Å². The summed E-state index contributed by atoms with van der Waals surface area (Å²) >= 11 is 25.2. The molecule has 0 aliphatic carbocycles. The summed E-state index contributed by atoms with van der Waals surface area (Å²) in [5, 5.41) is 11.2. The number of hydrogen-bond donors (Lipinski definition) is 2. The van der Waals surface area contributed by atoms with E-state index in [1.54, 1.807) is 19.1 Å². The maximum atomic E-state index is 12.5. The van der Waals surface area contributed by atoms with Crippen LogP contribution in [-0.2, 0) is 4.79 Å². The Labute approximate surface area is 179 Å². The molecule has 3 aromatic rings. The predicted octanol–water partition coefficient (Wildman–Crippen LogP) is 6.20. The fourth-order valence-corrected chi connectivity index (χ4v) is 3.90. The van der Waals surface area contributed by atoms with Crippen molar-refractivity contribution in [2.45, 2.75) is 17.3 Å². The van der Waals surface area contributed by atoms with Gasteiger partial charge in [0.05, 0.1) is 21.0 Å². The summed E-state index contributed by atoms with van der Waals surface area (Å²) in [5.41, 5.74) is 1.16. The molecule has 0 bridgehead atoms. The van der Waals surface area contributed by atoms with Crippen LogP contribution in [0.4, 0.5) is 5.69 Å². The highest BCUT2D eigenvalue weighted by molar-refractivity contribution is 8.00. The summed E-state index contributed by atoms with van der Waals surface area (Å²) in [5.74, 6) is 0.300. The molecule has 2 N–H and O–H groups in total. The van der Waals surface area contributed by atoms with E-state index >= 15 is 0 Å². The molecule has 27 heavy (non-hydrogen) atoms. The van der Waals surface area contributed by atoms with Crippen molar-refractivity contribution < 1.29 is 4.79 Å². The second-order valence-corrected chi connectivity index (χ2v) is 8.46. The third-order valence-electron chi connectivity index (χ3n) is 3.49. The number of benzene rings is 2. The Kier molecular flexibility index (Phi) is 6.55. The molecule has 1 amide bonds. The van der Waals surface area contributed by atoms with Gasteiger partial charge in [0.15, 0.2) is 5.82 Å². The first-order valence-electron chi connectivity index (χ1n) is 7.64. The van der Waals surface area contributed by atoms with Crippen molar-refractivity contribution in [2.24, 2.45) is 0 Å². The predicted molar refractivity (Wildman–Crippen MR) is 112 cm³/mol. The van der Waals surface area contributed by atoms with Crippen molar-refractivity contribution in [3.63, 3.8) is 0 Å². The van der Waals surface area contributed by atoms with E-state index in [0.717, 1.165) is 5.56 Å². The third-order valence-corrected chi connectivity index (χ3v) is 5.52. The van der Waals surface area contributed by atoms with Gasteiger partial charge in [0.2, 0.25) is 11.1 Å². The van der Waals surface area contributed by atoms with E-state index in [1.807, 2.05) is 12.1 Å². The minimum atomic E-state index is -0.485. The van der Waals surface area contributed by atoms with E-state index in [2.05, 4.69) is 20.5 Å². The zero-order valence-corrected chi connectivity index (χ0v) is 17.6. The molecule has 0 radical (unpaired) electrons. The number of nitrogens with zero attached hydrogens (tertiary/aromatic N) is 2. The molecule has 5 nitrogen and oxygen atoms in total. The van der Waals surface area contributed by atoms with Gasteiger partial charge in [-0.2, -0.15) is 0 Å². The topological polar surface area (TPSA) is 70.7 Å². The second kappa shape index (κ2) is 8.71. The van der Waals surface area contributed by atoms with Crippen LogP contribution in [0.15, 0.2) is 41.6 Å². The van der Waals surface area contributed by atoms with Gasteiger partial charge in [-0.05, 0) is 43.3 Å². The molecule has 1 atom stereocenters. The van der Waals surface area contributed by atoms with Crippen LogP contribution in [-0.4, -0.2) is 26.3 Å². The third kappa shape index (κ3) is 5.09. The minimum absolute atomic E-state index is 0.265. The molecule has 0 saturated carbocycles. The molecule has 1 unspecified atom stereocenters. The van der Waals surface area contributed by atoms with Crippen LogP contribution < -0.4 is 5.32 Å². The Bertz CT molecular complexity index is 954. The highest BCUT2D eigenvalue weighted by Crippen LogP contribution is 2.34. The quantitative estimate of drug-likeness (QED) is 0.443. The zero-order valence-electron chi connectivity index (χ0n) is 13.8. The Morgan fingerprint density at radius 2 is 1.70 bits per heavy atom. The van der Waals surface area contributed by atoms with Crippen LogP contribution in [0.25, 0.3) is 11.4 Å². The average molecular weight is 462 g/mol. The first-order valence-corrected chi connectivity index (χ1v) is 10.0. The van der Waals surface area contributed by atoms with Crippen LogP contribution in [0.1, 0.15) is 6.92 Å². The summed E-state index contributed by atoms with van der Waals surface area (Å²) < 4.78 is 0. The minimum Gasteiger partial charge on any atom is -0.323 e. The SMILES string of the molecule is CC(Sc1n[nH]c(-c2ccc(Cl)cc2)n1)C(=O)Nc1c(Cl)cc(Cl)cc1Cl. The molecular weight excluding hydrogens is 450 g/mol. The van der Waals surface area contributed by atoms with Gasteiger partial charge in [0.1, 0.15) is 0 Å². The molecule has 0 fully saturated rings. The van der Waals surface area contributed by atoms with Crippen molar-refractivity contribution >= 4 is 69.8 Å². The molecule has 0 aliphatic heterocycles. The molecular formula is C17H12Cl4N4OS. The molecule has 140 valence electrons. The lowest BCUT2D eigenvalue weighted by Gasteiger charge is -2.13. The van der Waals surface area contributed by atoms with Crippen molar-refractivity contribution in [2.75, 3.05) is 5.32 Å². The number of nitrogens with one attached hydrogen (secondary N) is 2. The van der Waals surface area contributed by atoms with Crippen LogP contribution in [0.5, 0.6) is 0 Å². The second-order valence-electron chi connectivity index (χ2n) is 5.47. The van der Waals surface area contributed by atoms with Crippen molar-refractivity contribution in [3.8, 4) is 11.4 Å². The van der Waals surface area contributed by atoms with Gasteiger partial charge in [-0.25, -0.2) is 4.98 Å². The lowest BCUT2D eigenvalue weighted by atomic mass is 10.2. The van der Waals surface area contributed by atoms with Crippen LogP contribution in [0.3, 0.4) is 0 Å². The highest BCUT2D eigenvalue weighted by Gasteiger charge is 2.20. The number of hydrogen-bond acceptors (Lipinski definition) is 4. The van der Waals surface area contributed by atoms with Gasteiger partial charge >= 0.3 is 0 Å². The molecule has 10 heteroatoms. The van der Waals surface area contributed by atoms with Gasteiger partial charge in [-0.1, -0.05) is 58.2 Å². The van der Waals surface area contributed by atoms with E-state index in [0.29, 0.717) is 26.7 Å². The molecule has 1 heterocycles. The highest BCUT2D eigenvalue weighted by atomic mass is 35.5. The van der Waals surface area contributed by atoms with E-state index in [-0.39, 0.29) is 16.0 Å². The Morgan fingerprint density at radius 1 is 1.07 bits per heavy atom. The van der Waals surface area contributed by atoms with Crippen molar-refractivity contribution in [1.82, 2.24) is 15.2 Å². The number of carbonyl (C=O) groups excluding carboxylic acids is 1. The number of rotatable bonds is 5. The number of amides is 1. The summed E-state index contributed by atoms with van der Waals surface area (Å²) in [7, 11) is 0. The van der Waals surface area contributed by atoms with Gasteiger partial charge in [-0.3, -0.25) is 9.89 Å². The smallest absolute Gasteiger partial charge is 0.237 e. The van der Waals surface area contributed by atoms with Crippen LogP contribution >= 0.6 is 58.2 Å². The van der Waals surface area contributed by atoms with Gasteiger partial charge in [0, 0.05) is 15.6 Å². The number of anilines is 1. The van der Waals surface area contributed by atoms with E-state index < -0.39 is 5.25 Å². The standard InChI is InChI=1S/C17H12Cl4N4OS/c1-8(16(26)22-14-12(20)6-11(19)7-13(14)21)27-17-23-15(24-25-17)9-2-4-10(18)5-3-9/h2-8H,1H3,(H,22,26)(H,23,24,25). The van der Waals surface area contributed by atoms with Gasteiger partial charge < -0.3 is 5.32 Å². The number of aromatic nitrogens is 3. The summed E-state index contributed by atoms with van der Waals surface area (Å²) in [6, 6.07) is 10.2. The lowest BCUT2D eigenvalue weighted by Crippen LogP contribution is -2.23. The maximum Gasteiger partial charge on any atom is 0.237 e. The van der Waals surface area contributed by atoms with Gasteiger partial charge in [0.25, 0.3) is 0 Å². The zero-order chi connectivity index (χ0) is 19.6. The number of carbonyl (C=O) groups is 1. The normalized spacial score (nSPS) is 12.0. The Hall–Kier alpha value is -1.44. The van der Waals surface area contributed by atoms with Crippen molar-refractivity contribution in [3.05, 3.63) is 56.5 Å². The van der Waals surface area contributed by atoms with Gasteiger partial charge in [-0.15, -0.1) is 5.10 Å². The molecule has 2 aromatic carbocycles. The number of aromatic amines is 1. The number of H-pyrrole nitrogens is 1. The first-order chi connectivity index (χ1) is 12.8. The molecule has 0 saturated heterocycles. The Balaban J connectivity index is 1.68. The number of halogens is 4. The summed E-state index contributed by atoms with van der Waals surface area (Å²) in [6.45, 7) is 1.73. The molecule has 1 aromatic heterocycles. The van der Waals surface area contributed by atoms with Crippen LogP contribution in [0, 0.1) is 0 Å². The fraction of sp³-hybridized carbons (Fsp3) is 0.118. The molecule has 0 spiro atoms. The fourth-order valence-electron chi connectivity index (χ4n) is 2.13. The average Bonchev–Trinajstić information content (AvgIpc) is 3.07. The summed E-state index contributed by atoms with van der Waals surface area (Å²) in [4.78, 5) is 16.8. The first kappa shape index (κ1) is 20.3. The summed E-state index contributed by atoms with van der Waals surface area (Å²) in [6.07, 6.45) is 0.